The Morgan fingerprint density at radius 3 is 2.32 bits per heavy atom. The minimum atomic E-state index is -0.326. The lowest BCUT2D eigenvalue weighted by atomic mass is 9.98. The van der Waals surface area contributed by atoms with Crippen LogP contribution in [0.4, 0.5) is 5.69 Å². The molecule has 0 aliphatic heterocycles. The number of nitrogens with one attached hydrogen (secondary N) is 1. The van der Waals surface area contributed by atoms with Gasteiger partial charge in [-0.05, 0) is 42.5 Å². The molecule has 2 heterocycles. The molecule has 0 aliphatic carbocycles. The van der Waals surface area contributed by atoms with Gasteiger partial charge in [-0.25, -0.2) is 4.68 Å². The highest BCUT2D eigenvalue weighted by Gasteiger charge is 2.30. The van der Waals surface area contributed by atoms with Crippen molar-refractivity contribution >= 4 is 62.1 Å². The van der Waals surface area contributed by atoms with Crippen LogP contribution in [0.2, 0.25) is 10.0 Å². The average molecular weight is 627 g/mol. The van der Waals surface area contributed by atoms with E-state index in [1.807, 2.05) is 54.6 Å². The highest BCUT2D eigenvalue weighted by atomic mass is 79.9. The molecule has 0 aliphatic rings. The van der Waals surface area contributed by atoms with Gasteiger partial charge in [0.15, 0.2) is 5.01 Å². The van der Waals surface area contributed by atoms with Gasteiger partial charge in [0.25, 0.3) is 5.91 Å². The van der Waals surface area contributed by atoms with E-state index in [2.05, 4.69) is 52.2 Å². The van der Waals surface area contributed by atoms with Crippen LogP contribution in [-0.4, -0.2) is 25.9 Å². The molecule has 38 heavy (non-hydrogen) atoms. The molecule has 0 unspecified atom stereocenters. The third-order valence-corrected chi connectivity index (χ3v) is 8.09. The van der Waals surface area contributed by atoms with Crippen LogP contribution in [-0.2, 0) is 5.41 Å². The van der Waals surface area contributed by atoms with E-state index in [0.717, 1.165) is 15.0 Å². The van der Waals surface area contributed by atoms with Crippen LogP contribution in [0.3, 0.4) is 0 Å². The SMILES string of the molecule is CC(C)(C)c1nnc(-c2nn(-c3ccc(Cl)cc3Cl)c(-c3ccc(Br)cc3)c2C(=O)Nc2ccccc2)s1. The van der Waals surface area contributed by atoms with E-state index in [4.69, 9.17) is 28.3 Å². The van der Waals surface area contributed by atoms with Gasteiger partial charge in [0, 0.05) is 26.2 Å². The number of hydrogen-bond donors (Lipinski definition) is 1. The highest BCUT2D eigenvalue weighted by molar-refractivity contribution is 9.10. The van der Waals surface area contributed by atoms with Crippen molar-refractivity contribution in [1.82, 2.24) is 20.0 Å². The van der Waals surface area contributed by atoms with Crippen molar-refractivity contribution < 1.29 is 4.79 Å². The summed E-state index contributed by atoms with van der Waals surface area (Å²) < 4.78 is 2.58. The number of amides is 1. The third kappa shape index (κ3) is 5.40. The number of nitrogens with zero attached hydrogens (tertiary/aromatic N) is 4. The van der Waals surface area contributed by atoms with E-state index in [0.29, 0.717) is 43.4 Å². The zero-order valence-electron chi connectivity index (χ0n) is 20.7. The smallest absolute Gasteiger partial charge is 0.260 e. The van der Waals surface area contributed by atoms with Crippen molar-refractivity contribution in [3.63, 3.8) is 0 Å². The fraction of sp³-hybridized carbons (Fsp3) is 0.143. The summed E-state index contributed by atoms with van der Waals surface area (Å²) in [5, 5.41) is 19.1. The van der Waals surface area contributed by atoms with Gasteiger partial charge in [-0.3, -0.25) is 4.79 Å². The van der Waals surface area contributed by atoms with E-state index in [9.17, 15) is 4.79 Å². The molecule has 0 saturated heterocycles. The van der Waals surface area contributed by atoms with Crippen LogP contribution < -0.4 is 5.32 Å². The summed E-state index contributed by atoms with van der Waals surface area (Å²) in [6.45, 7) is 6.21. The van der Waals surface area contributed by atoms with Crippen LogP contribution in [0.25, 0.3) is 27.6 Å². The zero-order chi connectivity index (χ0) is 27.0. The third-order valence-electron chi connectivity index (χ3n) is 5.67. The van der Waals surface area contributed by atoms with Gasteiger partial charge >= 0.3 is 0 Å². The number of halogens is 3. The Kier molecular flexibility index (Phi) is 7.42. The molecule has 3 aromatic carbocycles. The molecular weight excluding hydrogens is 605 g/mol. The van der Waals surface area contributed by atoms with Crippen LogP contribution >= 0.6 is 50.5 Å². The molecule has 0 bridgehead atoms. The lowest BCUT2D eigenvalue weighted by Crippen LogP contribution is -2.14. The zero-order valence-corrected chi connectivity index (χ0v) is 24.6. The van der Waals surface area contributed by atoms with Crippen molar-refractivity contribution in [3.05, 3.63) is 97.9 Å². The Hall–Kier alpha value is -3.04. The Balaban J connectivity index is 1.80. The quantitative estimate of drug-likeness (QED) is 0.212. The summed E-state index contributed by atoms with van der Waals surface area (Å²) in [4.78, 5) is 14.0. The van der Waals surface area contributed by atoms with E-state index in [1.54, 1.807) is 22.9 Å². The van der Waals surface area contributed by atoms with E-state index < -0.39 is 0 Å². The number of benzene rings is 3. The van der Waals surface area contributed by atoms with Gasteiger partial charge in [-0.2, -0.15) is 5.10 Å². The van der Waals surface area contributed by atoms with Gasteiger partial charge in [0.05, 0.1) is 22.0 Å². The number of para-hydroxylation sites is 1. The number of carbonyl (C=O) groups excluding carboxylic acids is 1. The second-order valence-electron chi connectivity index (χ2n) is 9.57. The molecule has 0 spiro atoms. The second-order valence-corrected chi connectivity index (χ2v) is 12.3. The molecule has 6 nitrogen and oxygen atoms in total. The molecule has 5 aromatic rings. The molecule has 192 valence electrons. The fourth-order valence-corrected chi connectivity index (χ4v) is 5.47. The first-order valence-electron chi connectivity index (χ1n) is 11.7. The molecular formula is C28H22BrCl2N5OS. The summed E-state index contributed by atoms with van der Waals surface area (Å²) in [7, 11) is 0. The van der Waals surface area contributed by atoms with Gasteiger partial charge in [0.2, 0.25) is 0 Å². The molecule has 1 N–H and O–H groups in total. The number of hydrogen-bond acceptors (Lipinski definition) is 5. The second kappa shape index (κ2) is 10.6. The molecule has 0 fully saturated rings. The first-order chi connectivity index (χ1) is 18.1. The lowest BCUT2D eigenvalue weighted by Gasteiger charge is -2.12. The number of rotatable bonds is 5. The molecule has 0 saturated carbocycles. The topological polar surface area (TPSA) is 72.7 Å². The van der Waals surface area contributed by atoms with E-state index in [1.165, 1.54) is 11.3 Å². The Morgan fingerprint density at radius 1 is 0.974 bits per heavy atom. The van der Waals surface area contributed by atoms with Crippen LogP contribution in [0.1, 0.15) is 36.1 Å². The number of anilines is 1. The van der Waals surface area contributed by atoms with E-state index >= 15 is 0 Å². The highest BCUT2D eigenvalue weighted by Crippen LogP contribution is 2.39. The average Bonchev–Trinajstić information content (AvgIpc) is 3.51. The van der Waals surface area contributed by atoms with Crippen LogP contribution in [0, 0.1) is 0 Å². The fourth-order valence-electron chi connectivity index (χ4n) is 3.82. The molecule has 0 atom stereocenters. The van der Waals surface area contributed by atoms with Gasteiger partial charge in [-0.15, -0.1) is 10.2 Å². The lowest BCUT2D eigenvalue weighted by molar-refractivity contribution is 0.102. The van der Waals surface area contributed by atoms with E-state index in [-0.39, 0.29) is 11.3 Å². The molecule has 2 aromatic heterocycles. The van der Waals surface area contributed by atoms with Crippen molar-refractivity contribution in [2.75, 3.05) is 5.32 Å². The molecule has 0 radical (unpaired) electrons. The minimum Gasteiger partial charge on any atom is -0.322 e. The monoisotopic (exact) mass is 625 g/mol. The summed E-state index contributed by atoms with van der Waals surface area (Å²) in [5.74, 6) is -0.326. The maximum atomic E-state index is 14.0. The van der Waals surface area contributed by atoms with Gasteiger partial charge in [0.1, 0.15) is 10.7 Å². The van der Waals surface area contributed by atoms with Crippen LogP contribution in [0.15, 0.2) is 77.3 Å². The summed E-state index contributed by atoms with van der Waals surface area (Å²) in [5.41, 5.74) is 3.15. The Labute approximate surface area is 242 Å². The molecule has 1 amide bonds. The largest absolute Gasteiger partial charge is 0.322 e. The minimum absolute atomic E-state index is 0.209. The number of aromatic nitrogens is 4. The summed E-state index contributed by atoms with van der Waals surface area (Å²) >= 11 is 17.8. The first-order valence-corrected chi connectivity index (χ1v) is 14.0. The number of carbonyl (C=O) groups is 1. The van der Waals surface area contributed by atoms with Crippen molar-refractivity contribution in [1.29, 1.82) is 0 Å². The molecule has 5 rings (SSSR count). The Morgan fingerprint density at radius 2 is 1.68 bits per heavy atom. The molecule has 10 heteroatoms. The maximum Gasteiger partial charge on any atom is 0.260 e. The predicted molar refractivity (Wildman–Crippen MR) is 159 cm³/mol. The summed E-state index contributed by atoms with van der Waals surface area (Å²) in [6, 6.07) is 22.1. The first kappa shape index (κ1) is 26.6. The van der Waals surface area contributed by atoms with Crippen molar-refractivity contribution in [2.24, 2.45) is 0 Å². The van der Waals surface area contributed by atoms with Gasteiger partial charge < -0.3 is 5.32 Å². The standard InChI is InChI=1S/C28H22BrCl2N5OS/c1-28(2,3)27-34-33-26(38-27)23-22(25(37)32-19-7-5-4-6-8-19)24(16-9-11-17(29)12-10-16)36(35-23)21-14-13-18(30)15-20(21)31/h4-15H,1-3H3,(H,32,37). The Bertz CT molecular complexity index is 1630. The normalized spacial score (nSPS) is 11.5. The van der Waals surface area contributed by atoms with Crippen LogP contribution in [0.5, 0.6) is 0 Å². The van der Waals surface area contributed by atoms with Crippen molar-refractivity contribution in [2.45, 2.75) is 26.2 Å². The van der Waals surface area contributed by atoms with Crippen molar-refractivity contribution in [3.8, 4) is 27.6 Å². The maximum absolute atomic E-state index is 14.0. The summed E-state index contributed by atoms with van der Waals surface area (Å²) in [6.07, 6.45) is 0. The van der Waals surface area contributed by atoms with Gasteiger partial charge in [-0.1, -0.05) is 102 Å². The predicted octanol–water partition coefficient (Wildman–Crippen LogP) is 8.68.